The van der Waals surface area contributed by atoms with Gasteiger partial charge in [0.2, 0.25) is 5.91 Å². The van der Waals surface area contributed by atoms with Gasteiger partial charge in [0.25, 0.3) is 0 Å². The SMILES string of the molecule is CCCNC(=O)C(C)NC(C)CC1CCCCCN1. The molecule has 0 spiro atoms. The fourth-order valence-electron chi connectivity index (χ4n) is 2.70. The van der Waals surface area contributed by atoms with Gasteiger partial charge in [0.05, 0.1) is 6.04 Å². The van der Waals surface area contributed by atoms with Crippen molar-refractivity contribution in [3.63, 3.8) is 0 Å². The zero-order valence-electron chi connectivity index (χ0n) is 12.8. The first-order chi connectivity index (χ1) is 9.13. The van der Waals surface area contributed by atoms with Crippen LogP contribution in [0.3, 0.4) is 0 Å². The number of nitrogens with one attached hydrogen (secondary N) is 3. The first-order valence-corrected chi connectivity index (χ1v) is 7.90. The minimum Gasteiger partial charge on any atom is -0.355 e. The summed E-state index contributed by atoms with van der Waals surface area (Å²) < 4.78 is 0. The highest BCUT2D eigenvalue weighted by Crippen LogP contribution is 2.12. The predicted octanol–water partition coefficient (Wildman–Crippen LogP) is 1.80. The van der Waals surface area contributed by atoms with Gasteiger partial charge in [-0.1, -0.05) is 19.8 Å². The molecule has 1 saturated heterocycles. The normalized spacial score (nSPS) is 23.4. The van der Waals surface area contributed by atoms with E-state index in [4.69, 9.17) is 0 Å². The van der Waals surface area contributed by atoms with Crippen LogP contribution >= 0.6 is 0 Å². The zero-order chi connectivity index (χ0) is 14.1. The molecule has 1 rings (SSSR count). The predicted molar refractivity (Wildman–Crippen MR) is 80.2 cm³/mol. The third-order valence-electron chi connectivity index (χ3n) is 3.78. The summed E-state index contributed by atoms with van der Waals surface area (Å²) in [6.07, 6.45) is 7.33. The van der Waals surface area contributed by atoms with Crippen molar-refractivity contribution in [3.8, 4) is 0 Å². The highest BCUT2D eigenvalue weighted by molar-refractivity contribution is 5.81. The standard InChI is InChI=1S/C15H31N3O/c1-4-9-17-15(19)13(3)18-12(2)11-14-8-6-5-7-10-16-14/h12-14,16,18H,4-11H2,1-3H3,(H,17,19). The lowest BCUT2D eigenvalue weighted by Crippen LogP contribution is -2.47. The second-order valence-electron chi connectivity index (χ2n) is 5.82. The highest BCUT2D eigenvalue weighted by Gasteiger charge is 2.18. The molecule has 3 unspecified atom stereocenters. The Bertz CT molecular complexity index is 250. The summed E-state index contributed by atoms with van der Waals surface area (Å²) in [6.45, 7) is 8.10. The van der Waals surface area contributed by atoms with Crippen LogP contribution in [0.25, 0.3) is 0 Å². The molecule has 112 valence electrons. The fourth-order valence-corrected chi connectivity index (χ4v) is 2.70. The van der Waals surface area contributed by atoms with Gasteiger partial charge in [0.15, 0.2) is 0 Å². The monoisotopic (exact) mass is 269 g/mol. The van der Waals surface area contributed by atoms with Crippen LogP contribution in [0.1, 0.15) is 59.3 Å². The molecule has 1 heterocycles. The third kappa shape index (κ3) is 6.92. The Hall–Kier alpha value is -0.610. The van der Waals surface area contributed by atoms with E-state index in [1.807, 2.05) is 6.92 Å². The van der Waals surface area contributed by atoms with E-state index >= 15 is 0 Å². The van der Waals surface area contributed by atoms with Gasteiger partial charge in [-0.25, -0.2) is 0 Å². The van der Waals surface area contributed by atoms with Crippen LogP contribution in [-0.4, -0.2) is 37.1 Å². The number of hydrogen-bond acceptors (Lipinski definition) is 3. The average Bonchev–Trinajstić information content (AvgIpc) is 2.64. The van der Waals surface area contributed by atoms with E-state index in [9.17, 15) is 4.79 Å². The van der Waals surface area contributed by atoms with Gasteiger partial charge < -0.3 is 16.0 Å². The quantitative estimate of drug-likeness (QED) is 0.660. The molecule has 0 radical (unpaired) electrons. The molecule has 0 aliphatic carbocycles. The summed E-state index contributed by atoms with van der Waals surface area (Å²) in [5, 5.41) is 9.95. The fraction of sp³-hybridized carbons (Fsp3) is 0.933. The highest BCUT2D eigenvalue weighted by atomic mass is 16.2. The Morgan fingerprint density at radius 1 is 1.32 bits per heavy atom. The van der Waals surface area contributed by atoms with E-state index in [1.54, 1.807) is 0 Å². The molecule has 19 heavy (non-hydrogen) atoms. The number of rotatable bonds is 7. The maximum Gasteiger partial charge on any atom is 0.236 e. The molecule has 1 amide bonds. The first kappa shape index (κ1) is 16.4. The van der Waals surface area contributed by atoms with Gasteiger partial charge in [-0.15, -0.1) is 0 Å². The van der Waals surface area contributed by atoms with Crippen molar-refractivity contribution in [1.29, 1.82) is 0 Å². The topological polar surface area (TPSA) is 53.2 Å². The maximum atomic E-state index is 11.8. The third-order valence-corrected chi connectivity index (χ3v) is 3.78. The molecule has 3 N–H and O–H groups in total. The van der Waals surface area contributed by atoms with E-state index in [2.05, 4.69) is 29.8 Å². The van der Waals surface area contributed by atoms with E-state index in [1.165, 1.54) is 25.7 Å². The summed E-state index contributed by atoms with van der Waals surface area (Å²) >= 11 is 0. The van der Waals surface area contributed by atoms with Gasteiger partial charge in [-0.2, -0.15) is 0 Å². The molecule has 3 atom stereocenters. The Labute approximate surface area is 118 Å². The molecule has 1 aliphatic rings. The molecule has 0 aromatic heterocycles. The minimum atomic E-state index is -0.104. The van der Waals surface area contributed by atoms with Crippen LogP contribution in [0.5, 0.6) is 0 Å². The van der Waals surface area contributed by atoms with Crippen LogP contribution in [-0.2, 0) is 4.79 Å². The molecule has 0 bridgehead atoms. The van der Waals surface area contributed by atoms with Crippen LogP contribution in [0.2, 0.25) is 0 Å². The van der Waals surface area contributed by atoms with Crippen LogP contribution in [0, 0.1) is 0 Å². The molecule has 4 nitrogen and oxygen atoms in total. The number of carbonyl (C=O) groups excluding carboxylic acids is 1. The molecule has 4 heteroatoms. The lowest BCUT2D eigenvalue weighted by Gasteiger charge is -2.24. The summed E-state index contributed by atoms with van der Waals surface area (Å²) in [5.41, 5.74) is 0. The van der Waals surface area contributed by atoms with Crippen molar-refractivity contribution in [3.05, 3.63) is 0 Å². The smallest absolute Gasteiger partial charge is 0.236 e. The molecular weight excluding hydrogens is 238 g/mol. The molecule has 0 aromatic carbocycles. The van der Waals surface area contributed by atoms with E-state index in [-0.39, 0.29) is 11.9 Å². The maximum absolute atomic E-state index is 11.8. The van der Waals surface area contributed by atoms with Crippen molar-refractivity contribution in [2.45, 2.75) is 77.4 Å². The van der Waals surface area contributed by atoms with Gasteiger partial charge in [-0.3, -0.25) is 4.79 Å². The summed E-state index contributed by atoms with van der Waals surface area (Å²) in [5.74, 6) is 0.113. The minimum absolute atomic E-state index is 0.104. The molecular formula is C15H31N3O. The zero-order valence-corrected chi connectivity index (χ0v) is 12.8. The van der Waals surface area contributed by atoms with Crippen molar-refractivity contribution in [2.75, 3.05) is 13.1 Å². The van der Waals surface area contributed by atoms with Gasteiger partial charge in [0, 0.05) is 18.6 Å². The van der Waals surface area contributed by atoms with Crippen molar-refractivity contribution < 1.29 is 4.79 Å². The van der Waals surface area contributed by atoms with E-state index in [0.717, 1.165) is 25.9 Å². The second kappa shape index (κ2) is 9.32. The summed E-state index contributed by atoms with van der Waals surface area (Å²) in [7, 11) is 0. The van der Waals surface area contributed by atoms with Gasteiger partial charge in [-0.05, 0) is 46.1 Å². The first-order valence-electron chi connectivity index (χ1n) is 7.90. The largest absolute Gasteiger partial charge is 0.355 e. The van der Waals surface area contributed by atoms with Gasteiger partial charge in [0.1, 0.15) is 0 Å². The summed E-state index contributed by atoms with van der Waals surface area (Å²) in [4.78, 5) is 11.8. The number of amides is 1. The van der Waals surface area contributed by atoms with Crippen molar-refractivity contribution in [2.24, 2.45) is 0 Å². The lowest BCUT2D eigenvalue weighted by atomic mass is 10.0. The molecule has 0 saturated carbocycles. The number of carbonyl (C=O) groups is 1. The molecule has 1 fully saturated rings. The van der Waals surface area contributed by atoms with Crippen LogP contribution < -0.4 is 16.0 Å². The second-order valence-corrected chi connectivity index (χ2v) is 5.82. The van der Waals surface area contributed by atoms with Crippen LogP contribution in [0.15, 0.2) is 0 Å². The summed E-state index contributed by atoms with van der Waals surface area (Å²) in [6, 6.07) is 0.876. The van der Waals surface area contributed by atoms with Crippen molar-refractivity contribution in [1.82, 2.24) is 16.0 Å². The molecule has 0 aromatic rings. The van der Waals surface area contributed by atoms with Crippen LogP contribution in [0.4, 0.5) is 0 Å². The molecule has 1 aliphatic heterocycles. The average molecular weight is 269 g/mol. The number of hydrogen-bond donors (Lipinski definition) is 3. The Morgan fingerprint density at radius 2 is 2.11 bits per heavy atom. The Morgan fingerprint density at radius 3 is 2.84 bits per heavy atom. The van der Waals surface area contributed by atoms with Crippen molar-refractivity contribution >= 4 is 5.91 Å². The van der Waals surface area contributed by atoms with E-state index < -0.39 is 0 Å². The Kier molecular flexibility index (Phi) is 8.07. The van der Waals surface area contributed by atoms with E-state index in [0.29, 0.717) is 12.1 Å². The lowest BCUT2D eigenvalue weighted by molar-refractivity contribution is -0.122. The van der Waals surface area contributed by atoms with Gasteiger partial charge >= 0.3 is 0 Å². The Balaban J connectivity index is 2.24.